The number of carbonyl (C=O) groups is 1. The molecule has 2 N–H and O–H groups in total. The number of aliphatic hydroxyl groups is 1. The predicted molar refractivity (Wildman–Crippen MR) is 106 cm³/mol. The topological polar surface area (TPSA) is 67.3 Å². The molecule has 1 aromatic carbocycles. The molecular weight excluding hydrogens is 342 g/mol. The highest BCUT2D eigenvalue weighted by Gasteiger charge is 2.35. The van der Waals surface area contributed by atoms with Gasteiger partial charge in [-0.15, -0.1) is 0 Å². The number of rotatable bonds is 5. The van der Waals surface area contributed by atoms with Gasteiger partial charge in [-0.1, -0.05) is 6.07 Å². The monoisotopic (exact) mass is 375 g/mol. The van der Waals surface area contributed by atoms with E-state index in [9.17, 15) is 15.0 Å². The summed E-state index contributed by atoms with van der Waals surface area (Å²) in [7, 11) is 2.17. The van der Waals surface area contributed by atoms with Gasteiger partial charge in [0, 0.05) is 57.5 Å². The lowest BCUT2D eigenvalue weighted by molar-refractivity contribution is 0.0217. The number of nitrogens with zero attached hydrogens (tertiary/aromatic N) is 3. The number of benzene rings is 1. The van der Waals surface area contributed by atoms with Crippen molar-refractivity contribution in [3.63, 3.8) is 0 Å². The van der Waals surface area contributed by atoms with Crippen LogP contribution in [0, 0.1) is 12.8 Å². The summed E-state index contributed by atoms with van der Waals surface area (Å²) in [5.41, 5.74) is 1.33. The van der Waals surface area contributed by atoms with Crippen molar-refractivity contribution in [3.8, 4) is 5.75 Å². The molecule has 150 valence electrons. The van der Waals surface area contributed by atoms with Crippen molar-refractivity contribution in [2.45, 2.75) is 32.2 Å². The van der Waals surface area contributed by atoms with Gasteiger partial charge in [-0.3, -0.25) is 9.69 Å². The molecular formula is C21H33N3O3. The van der Waals surface area contributed by atoms with Gasteiger partial charge in [0.2, 0.25) is 0 Å². The number of hydrogen-bond acceptors (Lipinski definition) is 5. The molecule has 3 rings (SSSR count). The average molecular weight is 376 g/mol. The zero-order valence-corrected chi connectivity index (χ0v) is 16.6. The summed E-state index contributed by atoms with van der Waals surface area (Å²) in [6.45, 7) is 7.85. The average Bonchev–Trinajstić information content (AvgIpc) is 2.68. The van der Waals surface area contributed by atoms with Crippen LogP contribution in [0.25, 0.3) is 0 Å². The van der Waals surface area contributed by atoms with Crippen molar-refractivity contribution >= 4 is 5.91 Å². The van der Waals surface area contributed by atoms with Crippen LogP contribution in [0.15, 0.2) is 18.2 Å². The van der Waals surface area contributed by atoms with Crippen molar-refractivity contribution in [2.24, 2.45) is 5.92 Å². The van der Waals surface area contributed by atoms with E-state index in [2.05, 4.69) is 16.8 Å². The molecule has 2 heterocycles. The SMILES string of the molecule is Cc1ccc(C(=O)N2CC[C@H](N3CCN(C)CC3)[C@H](CCCO)C2)cc1O. The number of likely N-dealkylation sites (N-methyl/N-ethyl adjacent to an activating group) is 1. The molecule has 2 fully saturated rings. The van der Waals surface area contributed by atoms with Crippen LogP contribution in [-0.4, -0.2) is 89.8 Å². The zero-order valence-electron chi connectivity index (χ0n) is 16.6. The molecule has 1 amide bonds. The Morgan fingerprint density at radius 3 is 2.59 bits per heavy atom. The largest absolute Gasteiger partial charge is 0.508 e. The van der Waals surface area contributed by atoms with Crippen LogP contribution >= 0.6 is 0 Å². The molecule has 2 aliphatic heterocycles. The maximum Gasteiger partial charge on any atom is 0.253 e. The van der Waals surface area contributed by atoms with Gasteiger partial charge in [0.1, 0.15) is 5.75 Å². The number of hydrogen-bond donors (Lipinski definition) is 2. The van der Waals surface area contributed by atoms with Crippen LogP contribution in [0.5, 0.6) is 5.75 Å². The normalized spacial score (nSPS) is 24.9. The van der Waals surface area contributed by atoms with E-state index in [0.717, 1.165) is 64.1 Å². The highest BCUT2D eigenvalue weighted by atomic mass is 16.3. The predicted octanol–water partition coefficient (Wildman–Crippen LogP) is 1.55. The third-order valence-electron chi connectivity index (χ3n) is 6.18. The minimum absolute atomic E-state index is 0.00359. The number of likely N-dealkylation sites (tertiary alicyclic amines) is 1. The van der Waals surface area contributed by atoms with Crippen molar-refractivity contribution in [2.75, 3.05) is 52.9 Å². The standard InChI is InChI=1S/C21H33N3O3/c1-16-5-6-17(14-20(16)26)21(27)24-8-7-19(18(15-24)4-3-13-25)23-11-9-22(2)10-12-23/h5-6,14,18-19,25-26H,3-4,7-13,15H2,1-2H3/t18-,19+/m1/s1. The van der Waals surface area contributed by atoms with E-state index in [1.165, 1.54) is 0 Å². The summed E-state index contributed by atoms with van der Waals surface area (Å²) in [6.07, 6.45) is 2.70. The van der Waals surface area contributed by atoms with Crippen molar-refractivity contribution in [3.05, 3.63) is 29.3 Å². The molecule has 0 saturated carbocycles. The molecule has 2 saturated heterocycles. The Balaban J connectivity index is 1.69. The summed E-state index contributed by atoms with van der Waals surface area (Å²) in [6, 6.07) is 5.66. The Hall–Kier alpha value is -1.63. The van der Waals surface area contributed by atoms with E-state index in [-0.39, 0.29) is 18.3 Å². The number of aromatic hydroxyl groups is 1. The van der Waals surface area contributed by atoms with E-state index in [4.69, 9.17) is 0 Å². The second kappa shape index (κ2) is 9.04. The Morgan fingerprint density at radius 2 is 1.93 bits per heavy atom. The zero-order chi connectivity index (χ0) is 19.4. The van der Waals surface area contributed by atoms with Crippen molar-refractivity contribution in [1.29, 1.82) is 0 Å². The maximum atomic E-state index is 13.0. The third kappa shape index (κ3) is 4.81. The van der Waals surface area contributed by atoms with Crippen LogP contribution in [-0.2, 0) is 0 Å². The Bertz CT molecular complexity index is 644. The second-order valence-corrected chi connectivity index (χ2v) is 8.07. The van der Waals surface area contributed by atoms with Gasteiger partial charge in [-0.25, -0.2) is 0 Å². The minimum Gasteiger partial charge on any atom is -0.508 e. The molecule has 0 unspecified atom stereocenters. The van der Waals surface area contributed by atoms with E-state index in [1.54, 1.807) is 18.2 Å². The summed E-state index contributed by atoms with van der Waals surface area (Å²) in [4.78, 5) is 19.8. The van der Waals surface area contributed by atoms with Gasteiger partial charge in [0.05, 0.1) is 0 Å². The number of piperazine rings is 1. The Morgan fingerprint density at radius 1 is 1.19 bits per heavy atom. The van der Waals surface area contributed by atoms with Crippen LogP contribution in [0.2, 0.25) is 0 Å². The summed E-state index contributed by atoms with van der Waals surface area (Å²) in [5.74, 6) is 0.554. The van der Waals surface area contributed by atoms with Gasteiger partial charge in [0.25, 0.3) is 5.91 Å². The Labute approximate surface area is 162 Å². The van der Waals surface area contributed by atoms with Gasteiger partial charge < -0.3 is 20.0 Å². The molecule has 0 aromatic heterocycles. The quantitative estimate of drug-likeness (QED) is 0.817. The van der Waals surface area contributed by atoms with Crippen molar-refractivity contribution in [1.82, 2.24) is 14.7 Å². The van der Waals surface area contributed by atoms with Crippen molar-refractivity contribution < 1.29 is 15.0 Å². The minimum atomic E-state index is -0.00359. The molecule has 1 aromatic rings. The number of phenols is 1. The van der Waals surface area contributed by atoms with Crippen LogP contribution in [0.4, 0.5) is 0 Å². The maximum absolute atomic E-state index is 13.0. The highest BCUT2D eigenvalue weighted by Crippen LogP contribution is 2.28. The van der Waals surface area contributed by atoms with Gasteiger partial charge in [-0.05, 0) is 56.8 Å². The van der Waals surface area contributed by atoms with Crippen LogP contribution in [0.3, 0.4) is 0 Å². The summed E-state index contributed by atoms with van der Waals surface area (Å²) >= 11 is 0. The van der Waals surface area contributed by atoms with Crippen LogP contribution in [0.1, 0.15) is 35.2 Å². The molecule has 2 atom stereocenters. The first-order valence-electron chi connectivity index (χ1n) is 10.1. The molecule has 27 heavy (non-hydrogen) atoms. The first kappa shape index (κ1) is 20.1. The Kier molecular flexibility index (Phi) is 6.73. The number of piperidine rings is 1. The van der Waals surface area contributed by atoms with Gasteiger partial charge >= 0.3 is 0 Å². The molecule has 0 bridgehead atoms. The smallest absolute Gasteiger partial charge is 0.253 e. The first-order chi connectivity index (χ1) is 13.0. The number of aliphatic hydroxyl groups excluding tert-OH is 1. The van der Waals surface area contributed by atoms with E-state index in [1.807, 2.05) is 11.8 Å². The lowest BCUT2D eigenvalue weighted by Gasteiger charge is -2.46. The van der Waals surface area contributed by atoms with E-state index < -0.39 is 0 Å². The molecule has 0 radical (unpaired) electrons. The fourth-order valence-corrected chi connectivity index (χ4v) is 4.40. The molecule has 2 aliphatic rings. The lowest BCUT2D eigenvalue weighted by Crippen LogP contribution is -2.56. The van der Waals surface area contributed by atoms with E-state index >= 15 is 0 Å². The fourth-order valence-electron chi connectivity index (χ4n) is 4.40. The summed E-state index contributed by atoms with van der Waals surface area (Å²) in [5, 5.41) is 19.2. The van der Waals surface area contributed by atoms with Gasteiger partial charge in [-0.2, -0.15) is 0 Å². The fraction of sp³-hybridized carbons (Fsp3) is 0.667. The lowest BCUT2D eigenvalue weighted by atomic mass is 9.86. The van der Waals surface area contributed by atoms with Gasteiger partial charge in [0.15, 0.2) is 0 Å². The number of phenolic OH excluding ortho intramolecular Hbond substituents is 1. The number of amides is 1. The van der Waals surface area contributed by atoms with E-state index in [0.29, 0.717) is 17.5 Å². The number of aryl methyl sites for hydroxylation is 1. The molecule has 6 heteroatoms. The molecule has 0 aliphatic carbocycles. The third-order valence-corrected chi connectivity index (χ3v) is 6.18. The molecule has 0 spiro atoms. The first-order valence-corrected chi connectivity index (χ1v) is 10.1. The summed E-state index contributed by atoms with van der Waals surface area (Å²) < 4.78 is 0. The second-order valence-electron chi connectivity index (χ2n) is 8.07. The number of carbonyl (C=O) groups excluding carboxylic acids is 1. The highest BCUT2D eigenvalue weighted by molar-refractivity contribution is 5.94. The van der Waals surface area contributed by atoms with Crippen LogP contribution < -0.4 is 0 Å². The molecule has 6 nitrogen and oxygen atoms in total.